The van der Waals surface area contributed by atoms with Crippen LogP contribution in [-0.4, -0.2) is 57.1 Å². The zero-order valence-electron chi connectivity index (χ0n) is 30.7. The first-order chi connectivity index (χ1) is 23.2. The van der Waals surface area contributed by atoms with Crippen molar-refractivity contribution in [1.29, 1.82) is 0 Å². The van der Waals surface area contributed by atoms with Crippen LogP contribution in [0, 0.1) is 11.8 Å². The number of methoxy groups -OCH3 is 2. The predicted octanol–water partition coefficient (Wildman–Crippen LogP) is 6.68. The van der Waals surface area contributed by atoms with E-state index < -0.39 is 11.2 Å². The molecule has 2 fully saturated rings. The van der Waals surface area contributed by atoms with Crippen molar-refractivity contribution in [3.63, 3.8) is 0 Å². The molecule has 0 aromatic heterocycles. The van der Waals surface area contributed by atoms with Gasteiger partial charge in [0.15, 0.2) is 0 Å². The Kier molecular flexibility index (Phi) is 13.7. The number of rotatable bonds is 14. The maximum absolute atomic E-state index is 12.5. The van der Waals surface area contributed by atoms with E-state index in [4.69, 9.17) is 28.3 Å². The van der Waals surface area contributed by atoms with E-state index in [-0.39, 0.29) is 23.8 Å². The summed E-state index contributed by atoms with van der Waals surface area (Å²) in [7, 11) is 4.64. The first kappa shape index (κ1) is 38.4. The van der Waals surface area contributed by atoms with Gasteiger partial charge >= 0.3 is 19.6 Å². The second-order valence-corrected chi connectivity index (χ2v) is 15.2. The van der Waals surface area contributed by atoms with Gasteiger partial charge in [0.2, 0.25) is 0 Å². The Bertz CT molecular complexity index is 1270. The van der Waals surface area contributed by atoms with Crippen molar-refractivity contribution in [3.05, 3.63) is 47.5 Å². The molecule has 0 aliphatic heterocycles. The predicted molar refractivity (Wildman–Crippen MR) is 190 cm³/mol. The van der Waals surface area contributed by atoms with Crippen molar-refractivity contribution in [2.24, 2.45) is 11.8 Å². The lowest BCUT2D eigenvalue weighted by molar-refractivity contribution is -0.162. The molecule has 0 unspecified atom stereocenters. The molecular weight excluding hydrogens is 623 g/mol. The lowest BCUT2D eigenvalue weighted by atomic mass is 9.86. The molecule has 11 heteroatoms. The minimum Gasteiger partial charge on any atom is -0.526 e. The number of benzene rings is 2. The minimum atomic E-state index is -0.458. The van der Waals surface area contributed by atoms with E-state index >= 15 is 0 Å². The standard InChI is InChI=1S/C38H56BN2O8/c1-37(2,3)46-35(42)25-9-13-29(14-10-25)40-23-27-21-31(17-19-33(27)44-7)48-39-49-32-18-20-34(45-8)28(22-32)24-41-30-15-11-26(12-16-30)36(43)47-38(4,5)6/h17-22,25-26,29-30,40-41H,9-16,23-24H2,1-8H3. The topological polar surface area (TPSA) is 114 Å². The summed E-state index contributed by atoms with van der Waals surface area (Å²) in [4.78, 5) is 25.0. The van der Waals surface area contributed by atoms with Crippen LogP contribution in [0.3, 0.4) is 0 Å². The van der Waals surface area contributed by atoms with Gasteiger partial charge in [0.05, 0.1) is 26.1 Å². The van der Waals surface area contributed by atoms with E-state index in [2.05, 4.69) is 10.6 Å². The molecule has 2 aliphatic carbocycles. The average Bonchev–Trinajstić information content (AvgIpc) is 3.05. The highest BCUT2D eigenvalue weighted by Crippen LogP contribution is 2.31. The Balaban J connectivity index is 1.23. The van der Waals surface area contributed by atoms with Gasteiger partial charge in [-0.2, -0.15) is 0 Å². The van der Waals surface area contributed by atoms with Crippen molar-refractivity contribution in [1.82, 2.24) is 10.6 Å². The van der Waals surface area contributed by atoms with Gasteiger partial charge < -0.3 is 38.9 Å². The van der Waals surface area contributed by atoms with Crippen LogP contribution in [0.5, 0.6) is 23.0 Å². The van der Waals surface area contributed by atoms with Crippen molar-refractivity contribution >= 4 is 19.6 Å². The maximum atomic E-state index is 12.5. The third kappa shape index (κ3) is 12.4. The minimum absolute atomic E-state index is 0.0330. The van der Waals surface area contributed by atoms with E-state index in [1.807, 2.05) is 77.9 Å². The van der Waals surface area contributed by atoms with Gasteiger partial charge in [-0.3, -0.25) is 9.59 Å². The number of nitrogens with one attached hydrogen (secondary N) is 2. The fraction of sp³-hybridized carbons (Fsp3) is 0.632. The van der Waals surface area contributed by atoms with Crippen molar-refractivity contribution in [2.75, 3.05) is 14.2 Å². The number of carbonyl (C=O) groups excluding carboxylic acids is 2. The molecular formula is C38H56BN2O8. The third-order valence-corrected chi connectivity index (χ3v) is 8.97. The first-order valence-electron chi connectivity index (χ1n) is 17.6. The summed E-state index contributed by atoms with van der Waals surface area (Å²) >= 11 is 0. The molecule has 0 bridgehead atoms. The van der Waals surface area contributed by atoms with Gasteiger partial charge in [-0.25, -0.2) is 0 Å². The molecule has 269 valence electrons. The SMILES string of the molecule is COc1ccc(O[B]Oc2ccc(OC)c(CNC3CCC(C(=O)OC(C)(C)C)CC3)c2)cc1CNC1CCC(C(=O)OC(C)(C)C)CC1. The van der Waals surface area contributed by atoms with Crippen molar-refractivity contribution in [3.8, 4) is 23.0 Å². The van der Waals surface area contributed by atoms with Crippen LogP contribution >= 0.6 is 0 Å². The Morgan fingerprint density at radius 3 is 1.33 bits per heavy atom. The van der Waals surface area contributed by atoms with Crippen LogP contribution < -0.4 is 29.4 Å². The molecule has 49 heavy (non-hydrogen) atoms. The van der Waals surface area contributed by atoms with Crippen LogP contribution in [-0.2, 0) is 32.2 Å². The molecule has 0 heterocycles. The molecule has 2 saturated carbocycles. The zero-order valence-corrected chi connectivity index (χ0v) is 30.7. The molecule has 2 aliphatic rings. The van der Waals surface area contributed by atoms with Gasteiger partial charge in [-0.05, 0) is 129 Å². The second-order valence-electron chi connectivity index (χ2n) is 15.2. The van der Waals surface area contributed by atoms with E-state index in [9.17, 15) is 9.59 Å². The highest BCUT2D eigenvalue weighted by atomic mass is 16.6. The molecule has 2 N–H and O–H groups in total. The summed E-state index contributed by atoms with van der Waals surface area (Å²) in [6.45, 7) is 12.7. The van der Waals surface area contributed by atoms with E-state index in [0.717, 1.165) is 74.0 Å². The number of hydrogen-bond acceptors (Lipinski definition) is 10. The van der Waals surface area contributed by atoms with Gasteiger partial charge in [-0.15, -0.1) is 0 Å². The molecule has 1 radical (unpaired) electrons. The largest absolute Gasteiger partial charge is 0.658 e. The Morgan fingerprint density at radius 2 is 1.00 bits per heavy atom. The zero-order chi connectivity index (χ0) is 35.6. The Labute approximate surface area is 293 Å². The first-order valence-corrected chi connectivity index (χ1v) is 17.6. The highest BCUT2D eigenvalue weighted by molar-refractivity contribution is 6.20. The monoisotopic (exact) mass is 679 g/mol. The number of hydrogen-bond donors (Lipinski definition) is 2. The molecule has 2 aromatic carbocycles. The molecule has 2 aromatic rings. The van der Waals surface area contributed by atoms with E-state index in [1.165, 1.54) is 7.69 Å². The van der Waals surface area contributed by atoms with Crippen LogP contribution in [0.1, 0.15) is 104 Å². The summed E-state index contributed by atoms with van der Waals surface area (Å²) in [6, 6.07) is 12.0. The summed E-state index contributed by atoms with van der Waals surface area (Å²) in [5.74, 6) is 2.56. The smallest absolute Gasteiger partial charge is 0.526 e. The molecule has 0 amide bonds. The van der Waals surface area contributed by atoms with Gasteiger partial charge in [0.1, 0.15) is 34.2 Å². The van der Waals surface area contributed by atoms with Crippen LogP contribution in [0.2, 0.25) is 0 Å². The summed E-state index contributed by atoms with van der Waals surface area (Å²) in [5.41, 5.74) is 1.03. The number of esters is 2. The van der Waals surface area contributed by atoms with Crippen molar-refractivity contribution in [2.45, 2.75) is 129 Å². The van der Waals surface area contributed by atoms with E-state index in [1.54, 1.807) is 14.2 Å². The van der Waals surface area contributed by atoms with Crippen molar-refractivity contribution < 1.29 is 37.8 Å². The fourth-order valence-electron chi connectivity index (χ4n) is 6.41. The highest BCUT2D eigenvalue weighted by Gasteiger charge is 2.31. The molecule has 4 rings (SSSR count). The van der Waals surface area contributed by atoms with Crippen LogP contribution in [0.25, 0.3) is 0 Å². The Hall–Kier alpha value is -3.44. The van der Waals surface area contributed by atoms with E-state index in [0.29, 0.717) is 36.7 Å². The quantitative estimate of drug-likeness (QED) is 0.166. The maximum Gasteiger partial charge on any atom is 0.658 e. The number of ether oxygens (including phenoxy) is 4. The van der Waals surface area contributed by atoms with Gasteiger partial charge in [-0.1, -0.05) is 0 Å². The summed E-state index contributed by atoms with van der Waals surface area (Å²) < 4.78 is 34.1. The average molecular weight is 680 g/mol. The second kappa shape index (κ2) is 17.5. The van der Waals surface area contributed by atoms with Crippen LogP contribution in [0.4, 0.5) is 0 Å². The molecule has 0 atom stereocenters. The fourth-order valence-corrected chi connectivity index (χ4v) is 6.41. The Morgan fingerprint density at radius 1 is 0.633 bits per heavy atom. The summed E-state index contributed by atoms with van der Waals surface area (Å²) in [6.07, 6.45) is 6.94. The lowest BCUT2D eigenvalue weighted by Gasteiger charge is -2.30. The third-order valence-electron chi connectivity index (χ3n) is 8.97. The summed E-state index contributed by atoms with van der Waals surface area (Å²) in [5, 5.41) is 7.26. The van der Waals surface area contributed by atoms with Gasteiger partial charge in [0, 0.05) is 36.3 Å². The number of carbonyl (C=O) groups is 2. The molecule has 0 saturated heterocycles. The normalized spacial score (nSPS) is 21.3. The molecule has 10 nitrogen and oxygen atoms in total. The van der Waals surface area contributed by atoms with Crippen LogP contribution in [0.15, 0.2) is 36.4 Å². The van der Waals surface area contributed by atoms with Gasteiger partial charge in [0.25, 0.3) is 0 Å². The lowest BCUT2D eigenvalue weighted by Crippen LogP contribution is -2.36. The molecule has 0 spiro atoms.